The second kappa shape index (κ2) is 6.88. The van der Waals surface area contributed by atoms with E-state index >= 15 is 0 Å². The second-order valence-electron chi connectivity index (χ2n) is 5.71. The summed E-state index contributed by atoms with van der Waals surface area (Å²) in [5.41, 5.74) is -0.286. The minimum atomic E-state index is -1.17. The first-order valence-electron chi connectivity index (χ1n) is 7.33. The molecule has 7 heteroatoms. The number of hydrogen-bond acceptors (Lipinski definition) is 3. The highest BCUT2D eigenvalue weighted by atomic mass is 35.5. The number of rotatable bonds is 3. The quantitative estimate of drug-likeness (QED) is 0.888. The lowest BCUT2D eigenvalue weighted by Crippen LogP contribution is -2.49. The van der Waals surface area contributed by atoms with Gasteiger partial charge in [-0.1, -0.05) is 23.7 Å². The van der Waals surface area contributed by atoms with Crippen molar-refractivity contribution in [2.45, 2.75) is 25.8 Å². The molecule has 2 N–H and O–H groups in total. The van der Waals surface area contributed by atoms with Gasteiger partial charge < -0.3 is 15.3 Å². The summed E-state index contributed by atoms with van der Waals surface area (Å²) in [6.07, 6.45) is -0.615. The van der Waals surface area contributed by atoms with Crippen LogP contribution in [-0.4, -0.2) is 35.1 Å². The Labute approximate surface area is 139 Å². The van der Waals surface area contributed by atoms with Crippen molar-refractivity contribution < 1.29 is 14.7 Å². The van der Waals surface area contributed by atoms with E-state index in [1.165, 1.54) is 4.90 Å². The average Bonchev–Trinajstić information content (AvgIpc) is 2.55. The third-order valence-electron chi connectivity index (χ3n) is 4.25. The molecule has 1 atom stereocenters. The molecule has 0 aromatic heterocycles. The van der Waals surface area contributed by atoms with Gasteiger partial charge in [-0.15, -0.1) is 0 Å². The Morgan fingerprint density at radius 2 is 1.91 bits per heavy atom. The maximum Gasteiger partial charge on any atom is 0.407 e. The molecule has 1 aliphatic rings. The summed E-state index contributed by atoms with van der Waals surface area (Å²) in [7, 11) is 0. The van der Waals surface area contributed by atoms with Crippen LogP contribution in [0.15, 0.2) is 24.3 Å². The lowest BCUT2D eigenvalue weighted by atomic mass is 9.78. The van der Waals surface area contributed by atoms with E-state index in [1.807, 2.05) is 19.1 Å². The minimum absolute atomic E-state index is 0.186. The molecule has 1 heterocycles. The fourth-order valence-corrected chi connectivity index (χ4v) is 2.76. The summed E-state index contributed by atoms with van der Waals surface area (Å²) in [5, 5.41) is 21.9. The van der Waals surface area contributed by atoms with Crippen LogP contribution in [0.2, 0.25) is 5.02 Å². The number of carbonyl (C=O) groups excluding carboxylic acids is 1. The highest BCUT2D eigenvalue weighted by Crippen LogP contribution is 2.32. The third-order valence-corrected chi connectivity index (χ3v) is 4.51. The fraction of sp³-hybridized carbons (Fsp3) is 0.438. The fourth-order valence-electron chi connectivity index (χ4n) is 2.64. The van der Waals surface area contributed by atoms with Gasteiger partial charge in [-0.05, 0) is 37.5 Å². The summed E-state index contributed by atoms with van der Waals surface area (Å²) in [4.78, 5) is 24.7. The third kappa shape index (κ3) is 3.74. The van der Waals surface area contributed by atoms with E-state index in [2.05, 4.69) is 11.4 Å². The maximum absolute atomic E-state index is 12.6. The van der Waals surface area contributed by atoms with Crippen LogP contribution < -0.4 is 5.32 Å². The summed E-state index contributed by atoms with van der Waals surface area (Å²) in [6, 6.07) is 8.95. The van der Waals surface area contributed by atoms with Gasteiger partial charge in [0.1, 0.15) is 5.41 Å². The average molecular weight is 336 g/mol. The first-order valence-corrected chi connectivity index (χ1v) is 7.71. The zero-order chi connectivity index (χ0) is 17.0. The summed E-state index contributed by atoms with van der Waals surface area (Å²) < 4.78 is 0. The van der Waals surface area contributed by atoms with Crippen molar-refractivity contribution >= 4 is 23.6 Å². The second-order valence-corrected chi connectivity index (χ2v) is 6.15. The number of amides is 2. The Morgan fingerprint density at radius 1 is 1.35 bits per heavy atom. The van der Waals surface area contributed by atoms with Gasteiger partial charge in [0.15, 0.2) is 0 Å². The monoisotopic (exact) mass is 335 g/mol. The predicted octanol–water partition coefficient (Wildman–Crippen LogP) is 2.80. The number of carbonyl (C=O) groups is 2. The zero-order valence-corrected chi connectivity index (χ0v) is 13.5. The van der Waals surface area contributed by atoms with Crippen LogP contribution in [0.1, 0.15) is 31.4 Å². The molecule has 0 radical (unpaired) electrons. The van der Waals surface area contributed by atoms with Crippen molar-refractivity contribution in [1.82, 2.24) is 10.2 Å². The molecule has 2 rings (SSSR count). The SMILES string of the molecule is CC(NC(=O)C1(C#N)CCN(C(=O)O)CC1)c1ccc(Cl)cc1. The number of nitrogens with zero attached hydrogens (tertiary/aromatic N) is 2. The molecule has 1 aromatic rings. The van der Waals surface area contributed by atoms with Gasteiger partial charge in [0.05, 0.1) is 12.1 Å². The summed E-state index contributed by atoms with van der Waals surface area (Å²) >= 11 is 5.84. The van der Waals surface area contributed by atoms with Gasteiger partial charge in [0.25, 0.3) is 0 Å². The smallest absolute Gasteiger partial charge is 0.407 e. The van der Waals surface area contributed by atoms with E-state index in [9.17, 15) is 14.9 Å². The van der Waals surface area contributed by atoms with Gasteiger partial charge in [0.2, 0.25) is 5.91 Å². The molecule has 0 saturated carbocycles. The number of nitrogens with one attached hydrogen (secondary N) is 1. The normalized spacial score (nSPS) is 17.9. The molecule has 0 spiro atoms. The molecule has 6 nitrogen and oxygen atoms in total. The van der Waals surface area contributed by atoms with Crippen LogP contribution >= 0.6 is 11.6 Å². The number of hydrogen-bond donors (Lipinski definition) is 2. The number of nitriles is 1. The lowest BCUT2D eigenvalue weighted by molar-refractivity contribution is -0.130. The van der Waals surface area contributed by atoms with Crippen LogP contribution in [-0.2, 0) is 4.79 Å². The van der Waals surface area contributed by atoms with Gasteiger partial charge in [-0.3, -0.25) is 4.79 Å². The van der Waals surface area contributed by atoms with Gasteiger partial charge in [-0.2, -0.15) is 5.26 Å². The largest absolute Gasteiger partial charge is 0.465 e. The molecule has 122 valence electrons. The molecule has 0 bridgehead atoms. The first kappa shape index (κ1) is 17.1. The molecule has 0 aliphatic carbocycles. The molecule has 23 heavy (non-hydrogen) atoms. The lowest BCUT2D eigenvalue weighted by Gasteiger charge is -2.35. The number of piperidine rings is 1. The number of carboxylic acid groups (broad SMARTS) is 1. The molecular weight excluding hydrogens is 318 g/mol. The topological polar surface area (TPSA) is 93.4 Å². The van der Waals surface area contributed by atoms with Gasteiger partial charge >= 0.3 is 6.09 Å². The maximum atomic E-state index is 12.6. The Bertz CT molecular complexity index is 631. The van der Waals surface area contributed by atoms with E-state index in [4.69, 9.17) is 16.7 Å². The number of benzene rings is 1. The Hall–Kier alpha value is -2.26. The Kier molecular flexibility index (Phi) is 5.12. The van der Waals surface area contributed by atoms with E-state index < -0.39 is 11.5 Å². The van der Waals surface area contributed by atoms with Crippen LogP contribution in [0.4, 0.5) is 4.79 Å². The van der Waals surface area contributed by atoms with Crippen molar-refractivity contribution in [3.8, 4) is 6.07 Å². The van der Waals surface area contributed by atoms with Crippen LogP contribution in [0.3, 0.4) is 0 Å². The number of halogens is 1. The van der Waals surface area contributed by atoms with Gasteiger partial charge in [0, 0.05) is 18.1 Å². The Balaban J connectivity index is 2.05. The molecule has 1 saturated heterocycles. The van der Waals surface area contributed by atoms with E-state index in [-0.39, 0.29) is 37.9 Å². The standard InChI is InChI=1S/C16H18ClN3O3/c1-11(12-2-4-13(17)5-3-12)19-14(21)16(10-18)6-8-20(9-7-16)15(22)23/h2-5,11H,6-9H2,1H3,(H,19,21)(H,22,23). The van der Waals surface area contributed by atoms with Crippen molar-refractivity contribution in [2.24, 2.45) is 5.41 Å². The van der Waals surface area contributed by atoms with E-state index in [0.29, 0.717) is 5.02 Å². The van der Waals surface area contributed by atoms with Gasteiger partial charge in [-0.25, -0.2) is 4.79 Å². The van der Waals surface area contributed by atoms with Crippen LogP contribution in [0, 0.1) is 16.7 Å². The molecule has 1 aliphatic heterocycles. The highest BCUT2D eigenvalue weighted by Gasteiger charge is 2.43. The minimum Gasteiger partial charge on any atom is -0.465 e. The predicted molar refractivity (Wildman–Crippen MR) is 84.9 cm³/mol. The van der Waals surface area contributed by atoms with Crippen molar-refractivity contribution in [2.75, 3.05) is 13.1 Å². The zero-order valence-electron chi connectivity index (χ0n) is 12.8. The Morgan fingerprint density at radius 3 is 2.39 bits per heavy atom. The van der Waals surface area contributed by atoms with Crippen molar-refractivity contribution in [1.29, 1.82) is 5.26 Å². The first-order chi connectivity index (χ1) is 10.9. The summed E-state index contributed by atoms with van der Waals surface area (Å²) in [6.45, 7) is 2.20. The molecule has 1 fully saturated rings. The molecule has 2 amide bonds. The van der Waals surface area contributed by atoms with E-state index in [0.717, 1.165) is 5.56 Å². The van der Waals surface area contributed by atoms with Crippen molar-refractivity contribution in [3.63, 3.8) is 0 Å². The molecule has 1 unspecified atom stereocenters. The molecule has 1 aromatic carbocycles. The molecular formula is C16H18ClN3O3. The summed E-state index contributed by atoms with van der Waals surface area (Å²) in [5.74, 6) is -0.354. The highest BCUT2D eigenvalue weighted by molar-refractivity contribution is 6.30. The van der Waals surface area contributed by atoms with Crippen LogP contribution in [0.25, 0.3) is 0 Å². The van der Waals surface area contributed by atoms with Crippen molar-refractivity contribution in [3.05, 3.63) is 34.9 Å². The van der Waals surface area contributed by atoms with E-state index in [1.54, 1.807) is 12.1 Å². The number of likely N-dealkylation sites (tertiary alicyclic amines) is 1. The van der Waals surface area contributed by atoms with Crippen LogP contribution in [0.5, 0.6) is 0 Å².